The van der Waals surface area contributed by atoms with E-state index in [0.29, 0.717) is 5.56 Å². The van der Waals surface area contributed by atoms with Gasteiger partial charge in [-0.2, -0.15) is 0 Å². The maximum Gasteiger partial charge on any atom is 1.00 e. The largest absolute Gasteiger partial charge is 1.00 e. The topological polar surface area (TPSA) is 77.4 Å². The molecule has 0 aromatic heterocycles. The Morgan fingerprint density at radius 1 is 1.29 bits per heavy atom. The molecule has 1 rings (SSSR count). The molecule has 0 radical (unpaired) electrons. The Balaban J connectivity index is 0.00000169. The van der Waals surface area contributed by atoms with Crippen molar-refractivity contribution in [2.24, 2.45) is 0 Å². The average Bonchev–Trinajstić information content (AvgIpc) is 1.98. The van der Waals surface area contributed by atoms with E-state index in [1.807, 2.05) is 0 Å². The number of rotatable bonds is 1. The molecular formula is C8H9NaO4S. The molecule has 0 bridgehead atoms. The van der Waals surface area contributed by atoms with Crippen LogP contribution in [0, 0.1) is 13.8 Å². The summed E-state index contributed by atoms with van der Waals surface area (Å²) in [5.41, 5.74) is 1.15. The number of phenols is 1. The molecule has 6 heteroatoms. The SMILES string of the molecule is Cc1ccc(S(=O)(=O)[O-])c(O)c1C.[Na+]. The van der Waals surface area contributed by atoms with Crippen molar-refractivity contribution in [1.29, 1.82) is 0 Å². The maximum atomic E-state index is 10.6. The molecule has 1 N–H and O–H groups in total. The predicted octanol–water partition coefficient (Wildman–Crippen LogP) is -2.08. The van der Waals surface area contributed by atoms with E-state index in [2.05, 4.69) is 0 Å². The molecule has 0 spiro atoms. The van der Waals surface area contributed by atoms with Crippen molar-refractivity contribution in [2.45, 2.75) is 18.7 Å². The van der Waals surface area contributed by atoms with Crippen LogP contribution in [0.5, 0.6) is 5.75 Å². The quantitative estimate of drug-likeness (QED) is 0.438. The van der Waals surface area contributed by atoms with Gasteiger partial charge in [0.1, 0.15) is 15.9 Å². The Morgan fingerprint density at radius 2 is 1.79 bits per heavy atom. The summed E-state index contributed by atoms with van der Waals surface area (Å²) >= 11 is 0. The minimum atomic E-state index is -4.57. The van der Waals surface area contributed by atoms with Gasteiger partial charge in [0.15, 0.2) is 0 Å². The van der Waals surface area contributed by atoms with Crippen LogP contribution in [0.3, 0.4) is 0 Å². The first-order valence-corrected chi connectivity index (χ1v) is 5.00. The zero-order chi connectivity index (χ0) is 10.2. The second-order valence-electron chi connectivity index (χ2n) is 2.81. The Labute approximate surface area is 105 Å². The molecule has 72 valence electrons. The van der Waals surface area contributed by atoms with Crippen molar-refractivity contribution in [3.63, 3.8) is 0 Å². The summed E-state index contributed by atoms with van der Waals surface area (Å²) in [6, 6.07) is 2.60. The van der Waals surface area contributed by atoms with Gasteiger partial charge >= 0.3 is 29.6 Å². The zero-order valence-electron chi connectivity index (χ0n) is 8.23. The van der Waals surface area contributed by atoms with Crippen LogP contribution in [-0.4, -0.2) is 18.1 Å². The Kier molecular flexibility index (Phi) is 4.61. The molecule has 0 fully saturated rings. The van der Waals surface area contributed by atoms with Crippen molar-refractivity contribution in [1.82, 2.24) is 0 Å². The van der Waals surface area contributed by atoms with Crippen LogP contribution in [0.15, 0.2) is 17.0 Å². The first-order valence-electron chi connectivity index (χ1n) is 3.59. The van der Waals surface area contributed by atoms with Gasteiger partial charge in [0.25, 0.3) is 0 Å². The smallest absolute Gasteiger partial charge is 0.744 e. The zero-order valence-corrected chi connectivity index (χ0v) is 11.1. The Morgan fingerprint density at radius 3 is 2.21 bits per heavy atom. The minimum Gasteiger partial charge on any atom is -0.744 e. The van der Waals surface area contributed by atoms with Crippen molar-refractivity contribution in [3.05, 3.63) is 23.3 Å². The third-order valence-corrected chi connectivity index (χ3v) is 2.80. The fraction of sp³-hybridized carbons (Fsp3) is 0.250. The fourth-order valence-electron chi connectivity index (χ4n) is 0.978. The summed E-state index contributed by atoms with van der Waals surface area (Å²) in [6.07, 6.45) is 0. The average molecular weight is 224 g/mol. The molecule has 0 aliphatic carbocycles. The van der Waals surface area contributed by atoms with Crippen LogP contribution in [0.2, 0.25) is 0 Å². The molecule has 0 aliphatic rings. The van der Waals surface area contributed by atoms with Crippen molar-refractivity contribution >= 4 is 10.1 Å². The van der Waals surface area contributed by atoms with Crippen molar-refractivity contribution in [3.8, 4) is 5.75 Å². The van der Waals surface area contributed by atoms with Gasteiger partial charge in [0, 0.05) is 0 Å². The van der Waals surface area contributed by atoms with Crippen LogP contribution in [0.4, 0.5) is 0 Å². The Bertz CT molecular complexity index is 439. The number of phenolic OH excluding ortho intramolecular Hbond substituents is 1. The van der Waals surface area contributed by atoms with Gasteiger partial charge in [-0.3, -0.25) is 0 Å². The molecular weight excluding hydrogens is 215 g/mol. The van der Waals surface area contributed by atoms with Crippen LogP contribution in [0.1, 0.15) is 11.1 Å². The van der Waals surface area contributed by atoms with Gasteiger partial charge in [-0.05, 0) is 31.0 Å². The van der Waals surface area contributed by atoms with E-state index in [1.54, 1.807) is 13.8 Å². The second-order valence-corrected chi connectivity index (χ2v) is 4.16. The summed E-state index contributed by atoms with van der Waals surface area (Å²) in [4.78, 5) is -0.560. The van der Waals surface area contributed by atoms with Crippen LogP contribution < -0.4 is 29.6 Å². The second kappa shape index (κ2) is 4.63. The Hall–Kier alpha value is -0.0700. The van der Waals surface area contributed by atoms with Crippen LogP contribution in [-0.2, 0) is 10.1 Å². The first-order chi connectivity index (χ1) is 5.84. The molecule has 0 heterocycles. The molecule has 1 aromatic carbocycles. The molecule has 0 saturated carbocycles. The molecule has 14 heavy (non-hydrogen) atoms. The van der Waals surface area contributed by atoms with E-state index in [1.165, 1.54) is 6.07 Å². The van der Waals surface area contributed by atoms with E-state index in [4.69, 9.17) is 0 Å². The number of benzene rings is 1. The molecule has 0 atom stereocenters. The van der Waals surface area contributed by atoms with E-state index in [9.17, 15) is 18.1 Å². The van der Waals surface area contributed by atoms with Crippen LogP contribution in [0.25, 0.3) is 0 Å². The van der Waals surface area contributed by atoms with Gasteiger partial charge < -0.3 is 9.66 Å². The maximum absolute atomic E-state index is 10.6. The molecule has 0 unspecified atom stereocenters. The van der Waals surface area contributed by atoms with Crippen molar-refractivity contribution in [2.75, 3.05) is 0 Å². The van der Waals surface area contributed by atoms with E-state index < -0.39 is 20.8 Å². The fourth-order valence-corrected chi connectivity index (χ4v) is 1.60. The molecule has 1 aromatic rings. The monoisotopic (exact) mass is 224 g/mol. The summed E-state index contributed by atoms with van der Waals surface area (Å²) in [5.74, 6) is -0.449. The number of aryl methyl sites for hydroxylation is 1. The molecule has 0 aliphatic heterocycles. The van der Waals surface area contributed by atoms with Crippen LogP contribution >= 0.6 is 0 Å². The standard InChI is InChI=1S/C8H10O4S.Na/c1-5-3-4-7(13(10,11)12)8(9)6(5)2;/h3-4,9H,1-2H3,(H,10,11,12);/q;+1/p-1. The third kappa shape index (κ3) is 2.71. The molecule has 4 nitrogen and oxygen atoms in total. The van der Waals surface area contributed by atoms with Gasteiger partial charge in [-0.15, -0.1) is 0 Å². The summed E-state index contributed by atoms with van der Waals surface area (Å²) in [5, 5.41) is 9.33. The van der Waals surface area contributed by atoms with E-state index >= 15 is 0 Å². The number of hydrogen-bond acceptors (Lipinski definition) is 4. The van der Waals surface area contributed by atoms with Gasteiger partial charge in [-0.1, -0.05) is 6.07 Å². The van der Waals surface area contributed by atoms with Crippen molar-refractivity contribution < 1.29 is 47.6 Å². The summed E-state index contributed by atoms with van der Waals surface area (Å²) in [6.45, 7) is 3.27. The normalized spacial score (nSPS) is 10.8. The van der Waals surface area contributed by atoms with Gasteiger partial charge in [0.2, 0.25) is 0 Å². The third-order valence-electron chi connectivity index (χ3n) is 1.93. The minimum absolute atomic E-state index is 0. The predicted molar refractivity (Wildman–Crippen MR) is 45.5 cm³/mol. The number of aromatic hydroxyl groups is 1. The molecule has 0 amide bonds. The van der Waals surface area contributed by atoms with E-state index in [0.717, 1.165) is 11.6 Å². The first kappa shape index (κ1) is 13.9. The van der Waals surface area contributed by atoms with E-state index in [-0.39, 0.29) is 29.6 Å². The summed E-state index contributed by atoms with van der Waals surface area (Å²) in [7, 11) is -4.57. The van der Waals surface area contributed by atoms with Gasteiger partial charge in [-0.25, -0.2) is 8.42 Å². The number of hydrogen-bond donors (Lipinski definition) is 1. The summed E-state index contributed by atoms with van der Waals surface area (Å²) < 4.78 is 31.8. The molecule has 0 saturated heterocycles. The van der Waals surface area contributed by atoms with Gasteiger partial charge in [0.05, 0.1) is 4.90 Å².